The Hall–Kier alpha value is -3.86. The number of hydrogen-bond donors (Lipinski definition) is 3. The van der Waals surface area contributed by atoms with Gasteiger partial charge in [0.15, 0.2) is 0 Å². The highest BCUT2D eigenvalue weighted by Crippen LogP contribution is 2.38. The van der Waals surface area contributed by atoms with Crippen molar-refractivity contribution in [2.75, 3.05) is 49.5 Å². The number of ether oxygens (including phenoxy) is 1. The van der Waals surface area contributed by atoms with Gasteiger partial charge in [-0.25, -0.2) is 9.37 Å². The minimum absolute atomic E-state index is 0.130. The number of imidazole rings is 1. The highest BCUT2D eigenvalue weighted by Gasteiger charge is 2.35. The number of nitrogens with zero attached hydrogens (tertiary/aromatic N) is 3. The maximum Gasteiger partial charge on any atom is 0.261 e. The summed E-state index contributed by atoms with van der Waals surface area (Å²) in [7, 11) is 0. The molecule has 4 aliphatic heterocycles. The molecule has 220 valence electrons. The van der Waals surface area contributed by atoms with Crippen molar-refractivity contribution in [2.45, 2.75) is 29.2 Å². The van der Waals surface area contributed by atoms with E-state index in [2.05, 4.69) is 32.3 Å². The molecule has 4 saturated heterocycles. The van der Waals surface area contributed by atoms with Gasteiger partial charge in [0, 0.05) is 29.4 Å². The van der Waals surface area contributed by atoms with Crippen molar-refractivity contribution in [1.82, 2.24) is 19.9 Å². The molecular formula is C33H33FN6O2S. The number of pyridine rings is 1. The van der Waals surface area contributed by atoms with E-state index in [1.807, 2.05) is 47.4 Å². The van der Waals surface area contributed by atoms with Crippen LogP contribution in [0, 0.1) is 11.7 Å². The molecule has 6 heterocycles. The lowest BCUT2D eigenvalue weighted by atomic mass is 9.83. The maximum atomic E-state index is 16.1. The third-order valence-corrected chi connectivity index (χ3v) is 10.2. The summed E-state index contributed by atoms with van der Waals surface area (Å²) >= 11 is 1.64. The zero-order chi connectivity index (χ0) is 28.9. The van der Waals surface area contributed by atoms with Crippen molar-refractivity contribution in [3.8, 4) is 11.4 Å². The van der Waals surface area contributed by atoms with Crippen LogP contribution in [0.15, 0.2) is 76.4 Å². The number of anilines is 2. The number of rotatable bonds is 6. The van der Waals surface area contributed by atoms with Crippen LogP contribution in [0.2, 0.25) is 0 Å². The minimum Gasteiger partial charge on any atom is -0.379 e. The van der Waals surface area contributed by atoms with Crippen LogP contribution in [0.4, 0.5) is 15.8 Å². The lowest BCUT2D eigenvalue weighted by Gasteiger charge is -2.45. The van der Waals surface area contributed by atoms with Crippen LogP contribution in [-0.4, -0.2) is 70.7 Å². The van der Waals surface area contributed by atoms with Gasteiger partial charge >= 0.3 is 0 Å². The second kappa shape index (κ2) is 11.0. The molecule has 0 aliphatic carbocycles. The van der Waals surface area contributed by atoms with Crippen molar-refractivity contribution in [3.05, 3.63) is 82.9 Å². The molecule has 0 radical (unpaired) electrons. The lowest BCUT2D eigenvalue weighted by Crippen LogP contribution is -2.53. The normalized spacial score (nSPS) is 23.7. The van der Waals surface area contributed by atoms with Gasteiger partial charge in [0.1, 0.15) is 22.6 Å². The average molecular weight is 597 g/mol. The summed E-state index contributed by atoms with van der Waals surface area (Å²) in [6.07, 6.45) is 2.24. The van der Waals surface area contributed by atoms with Gasteiger partial charge < -0.3 is 29.8 Å². The van der Waals surface area contributed by atoms with E-state index >= 15 is 4.39 Å². The fourth-order valence-electron chi connectivity index (χ4n) is 6.87. The van der Waals surface area contributed by atoms with Crippen LogP contribution >= 0.6 is 11.8 Å². The highest BCUT2D eigenvalue weighted by molar-refractivity contribution is 7.99. The molecule has 0 amide bonds. The number of H-pyrrole nitrogens is 2. The van der Waals surface area contributed by atoms with Crippen LogP contribution in [-0.2, 0) is 4.74 Å². The summed E-state index contributed by atoms with van der Waals surface area (Å²) in [5.41, 5.74) is 3.37. The molecule has 0 saturated carbocycles. The molecule has 1 unspecified atom stereocenters. The van der Waals surface area contributed by atoms with Gasteiger partial charge in [0.2, 0.25) is 0 Å². The number of morpholine rings is 1. The van der Waals surface area contributed by atoms with Crippen molar-refractivity contribution in [2.24, 2.45) is 5.92 Å². The van der Waals surface area contributed by atoms with E-state index in [0.29, 0.717) is 59.3 Å². The van der Waals surface area contributed by atoms with Gasteiger partial charge in [-0.3, -0.25) is 4.79 Å². The first-order valence-corrected chi connectivity index (χ1v) is 15.9. The Morgan fingerprint density at radius 3 is 2.56 bits per heavy atom. The molecule has 5 aromatic rings. The standard InChI is InChI=1S/C33H33FN6O2S/c34-23-16-22-26(17-28(23)40-14-15-42-29(19-40)43-21-6-2-1-3-7-21)38-33(41)30(32-36-24-8-4-5-9-25(24)37-32)31(22)35-27-18-39-12-10-20(27)11-13-39/h1-9,16-17,20,27,29H,10-15,18-19H2,(H,36,37)(H2,35,38,41)/t27-,29?/m0/s1. The smallest absolute Gasteiger partial charge is 0.261 e. The molecule has 4 aliphatic rings. The predicted molar refractivity (Wildman–Crippen MR) is 170 cm³/mol. The molecule has 2 atom stereocenters. The predicted octanol–water partition coefficient (Wildman–Crippen LogP) is 5.67. The van der Waals surface area contributed by atoms with E-state index in [1.165, 1.54) is 0 Å². The first-order valence-electron chi connectivity index (χ1n) is 15.0. The molecule has 3 aromatic carbocycles. The maximum absolute atomic E-state index is 16.1. The Bertz CT molecular complexity index is 1820. The number of hydrogen-bond acceptors (Lipinski definition) is 7. The van der Waals surface area contributed by atoms with Crippen molar-refractivity contribution >= 4 is 45.1 Å². The summed E-state index contributed by atoms with van der Waals surface area (Å²) < 4.78 is 22.1. The van der Waals surface area contributed by atoms with E-state index in [4.69, 9.17) is 9.72 Å². The van der Waals surface area contributed by atoms with E-state index in [9.17, 15) is 4.79 Å². The number of aromatic amines is 2. The SMILES string of the molecule is O=c1[nH]c2cc(N3CCOC(Sc4ccccc4)C3)c(F)cc2c(N[C@H]2CN3CCC2CC3)c1-c1nc2ccccc2[nH]1. The molecule has 3 N–H and O–H groups in total. The van der Waals surface area contributed by atoms with Gasteiger partial charge in [-0.1, -0.05) is 42.1 Å². The molecular weight excluding hydrogens is 563 g/mol. The van der Waals surface area contributed by atoms with Crippen LogP contribution in [0.25, 0.3) is 33.3 Å². The van der Waals surface area contributed by atoms with Crippen LogP contribution < -0.4 is 15.8 Å². The van der Waals surface area contributed by atoms with Gasteiger partial charge in [0.25, 0.3) is 5.56 Å². The number of thioether (sulfide) groups is 1. The Labute approximate surface area is 252 Å². The van der Waals surface area contributed by atoms with Gasteiger partial charge in [-0.15, -0.1) is 0 Å². The Morgan fingerprint density at radius 2 is 1.77 bits per heavy atom. The molecule has 9 rings (SSSR count). The van der Waals surface area contributed by atoms with Crippen molar-refractivity contribution in [3.63, 3.8) is 0 Å². The second-order valence-corrected chi connectivity index (χ2v) is 13.0. The quantitative estimate of drug-likeness (QED) is 0.233. The van der Waals surface area contributed by atoms with Crippen LogP contribution in [0.1, 0.15) is 12.8 Å². The zero-order valence-electron chi connectivity index (χ0n) is 23.7. The zero-order valence-corrected chi connectivity index (χ0v) is 24.5. The number of halogens is 1. The third-order valence-electron chi connectivity index (χ3n) is 9.08. The Morgan fingerprint density at radius 1 is 0.953 bits per heavy atom. The molecule has 43 heavy (non-hydrogen) atoms. The Kier molecular flexibility index (Phi) is 6.84. The highest BCUT2D eigenvalue weighted by atomic mass is 32.2. The first-order chi connectivity index (χ1) is 21.1. The largest absolute Gasteiger partial charge is 0.379 e. The summed E-state index contributed by atoms with van der Waals surface area (Å²) in [4.78, 5) is 30.6. The van der Waals surface area contributed by atoms with Crippen LogP contribution in [0.5, 0.6) is 0 Å². The van der Waals surface area contributed by atoms with Gasteiger partial charge in [0.05, 0.1) is 41.1 Å². The summed E-state index contributed by atoms with van der Waals surface area (Å²) in [6.45, 7) is 4.73. The molecule has 0 spiro atoms. The number of benzene rings is 3. The van der Waals surface area contributed by atoms with Gasteiger partial charge in [-0.2, -0.15) is 0 Å². The second-order valence-electron chi connectivity index (χ2n) is 11.7. The lowest BCUT2D eigenvalue weighted by molar-refractivity contribution is 0.0976. The number of para-hydroxylation sites is 2. The molecule has 2 bridgehead atoms. The van der Waals surface area contributed by atoms with E-state index in [1.54, 1.807) is 23.9 Å². The van der Waals surface area contributed by atoms with Crippen LogP contribution in [0.3, 0.4) is 0 Å². The minimum atomic E-state index is -0.322. The van der Waals surface area contributed by atoms with E-state index in [0.717, 1.165) is 48.4 Å². The number of nitrogens with one attached hydrogen (secondary N) is 3. The molecule has 10 heteroatoms. The molecule has 4 fully saturated rings. The molecule has 2 aromatic heterocycles. The van der Waals surface area contributed by atoms with E-state index < -0.39 is 0 Å². The summed E-state index contributed by atoms with van der Waals surface area (Å²) in [6, 6.07) is 21.4. The first kappa shape index (κ1) is 26.7. The van der Waals surface area contributed by atoms with Gasteiger partial charge in [-0.05, 0) is 68.2 Å². The monoisotopic (exact) mass is 596 g/mol. The summed E-state index contributed by atoms with van der Waals surface area (Å²) in [5, 5.41) is 4.39. The van der Waals surface area contributed by atoms with Crippen molar-refractivity contribution < 1.29 is 9.13 Å². The van der Waals surface area contributed by atoms with Crippen molar-refractivity contribution in [1.29, 1.82) is 0 Å². The third kappa shape index (κ3) is 5.07. The number of piperidine rings is 3. The molecule has 8 nitrogen and oxygen atoms in total. The fourth-order valence-corrected chi connectivity index (χ4v) is 7.90. The topological polar surface area (TPSA) is 89.3 Å². The number of aromatic nitrogens is 3. The Balaban J connectivity index is 1.20. The number of fused-ring (bicyclic) bond motifs is 5. The average Bonchev–Trinajstić information content (AvgIpc) is 3.46. The fraction of sp³-hybridized carbons (Fsp3) is 0.333. The summed E-state index contributed by atoms with van der Waals surface area (Å²) in [5.74, 6) is 0.670. The van der Waals surface area contributed by atoms with E-state index in [-0.39, 0.29) is 22.9 Å².